The van der Waals surface area contributed by atoms with E-state index in [2.05, 4.69) is 18.7 Å². The highest BCUT2D eigenvalue weighted by atomic mass is 16.6. The van der Waals surface area contributed by atoms with E-state index in [1.54, 1.807) is 121 Å². The monoisotopic (exact) mass is 1580 g/mol. The van der Waals surface area contributed by atoms with Crippen molar-refractivity contribution >= 4 is 108 Å². The minimum absolute atomic E-state index is 0.0298. The van der Waals surface area contributed by atoms with Gasteiger partial charge in [0, 0.05) is 112 Å². The molecule has 5 saturated carbocycles. The third-order valence-electron chi connectivity index (χ3n) is 25.5. The average molecular weight is 1580 g/mol. The van der Waals surface area contributed by atoms with Gasteiger partial charge in [0.25, 0.3) is 47.3 Å². The quantitative estimate of drug-likeness (QED) is 0.0329. The molecule has 10 aromatic rings. The molecule has 19 nitrogen and oxygen atoms in total. The molecule has 0 radical (unpaired) electrons. The summed E-state index contributed by atoms with van der Waals surface area (Å²) in [5.41, 5.74) is 7.66. The maximum atomic E-state index is 13.4. The number of benzene rings is 10. The highest BCUT2D eigenvalue weighted by molar-refractivity contribution is 6.32. The van der Waals surface area contributed by atoms with Gasteiger partial charge in [0.1, 0.15) is 30.5 Å². The van der Waals surface area contributed by atoms with Crippen molar-refractivity contribution in [2.75, 3.05) is 20.3 Å². The highest BCUT2D eigenvalue weighted by Crippen LogP contribution is 2.46. The molecule has 5 fully saturated rings. The molecule has 9 aliphatic rings. The van der Waals surface area contributed by atoms with Gasteiger partial charge in [0.2, 0.25) is 0 Å². The smallest absolute Gasteiger partial charge is 0.333 e. The first-order valence-electron chi connectivity index (χ1n) is 42.1. The van der Waals surface area contributed by atoms with Crippen LogP contribution in [0.25, 0.3) is 43.1 Å². The van der Waals surface area contributed by atoms with Crippen molar-refractivity contribution in [3.63, 3.8) is 0 Å². The number of ether oxygens (including phenoxy) is 3. The second-order valence-electron chi connectivity index (χ2n) is 32.6. The van der Waals surface area contributed by atoms with Crippen LogP contribution in [-0.4, -0.2) is 134 Å². The fourth-order valence-corrected chi connectivity index (χ4v) is 19.6. The Balaban J connectivity index is 0.000000118. The second kappa shape index (κ2) is 34.5. The fraction of sp³-hybridized carbons (Fsp3) is 0.343. The van der Waals surface area contributed by atoms with Crippen LogP contribution in [0.2, 0.25) is 0 Å². The molecule has 1 N–H and O–H groups in total. The number of methoxy groups -OCH3 is 1. The van der Waals surface area contributed by atoms with Crippen LogP contribution in [0.15, 0.2) is 182 Å². The first-order valence-corrected chi connectivity index (χ1v) is 42.1. The van der Waals surface area contributed by atoms with Crippen LogP contribution >= 0.6 is 0 Å². The first kappa shape index (κ1) is 79.6. The molecule has 0 aromatic heterocycles. The van der Waals surface area contributed by atoms with Crippen LogP contribution in [0.4, 0.5) is 0 Å². The summed E-state index contributed by atoms with van der Waals surface area (Å²) in [6.07, 6.45) is 26.4. The molecular formula is C99H96N4O15. The van der Waals surface area contributed by atoms with Gasteiger partial charge in [0.15, 0.2) is 11.6 Å². The molecule has 10 aromatic carbocycles. The number of rotatable bonds is 15. The standard InChI is InChI=1S/C25H27NO6.C25H21NO4.C25H21NO3.C24H27NO2/c1-15(2)25(29)32-14-13-31-20-12-10-18-21-17(9-11-19(30-3)22(20)21)23(27)26(24(18)28)16-7-5-4-6-8-16;27-21-12-5-4-9-18(21)23(28)17-13-14-20-22-16(17)10-6-11-19(22)24(29)26(25(20)30)15-7-2-1-3-8-15;27-23(16-8-3-1-4-9-16)19-14-15-21-22-18(19)12-7-13-20(22)24(28)26(25(21)29)17-10-5-2-6-11-17;26-23-20-13-7-12-19-18(16-8-3-1-4-9-16)14-15-21(22(19)20)24(27)25(23)17-10-5-2-6-11-17/h9-12,16H,1,4-8,13-14H2,2-3H3;4-6,9-15,27H,1-3,7-8H2;1,3-4,7-9,12-15,17H,2,5-6,10-11H2;7,12-17H,1-6,8-11H2. The minimum atomic E-state index is -0.484. The van der Waals surface area contributed by atoms with Crippen molar-refractivity contribution in [2.45, 2.75) is 198 Å². The maximum Gasteiger partial charge on any atom is 0.333 e. The second-order valence-corrected chi connectivity index (χ2v) is 32.6. The lowest BCUT2D eigenvalue weighted by atomic mass is 9.80. The van der Waals surface area contributed by atoms with Crippen LogP contribution in [0.5, 0.6) is 17.2 Å². The Morgan fingerprint density at radius 2 is 0.703 bits per heavy atom. The summed E-state index contributed by atoms with van der Waals surface area (Å²) in [6, 6.07) is 49.7. The largest absolute Gasteiger partial charge is 0.507 e. The van der Waals surface area contributed by atoms with E-state index in [9.17, 15) is 57.8 Å². The zero-order chi connectivity index (χ0) is 82.0. The molecule has 4 heterocycles. The van der Waals surface area contributed by atoms with Gasteiger partial charge >= 0.3 is 5.97 Å². The van der Waals surface area contributed by atoms with E-state index in [-0.39, 0.29) is 108 Å². The van der Waals surface area contributed by atoms with Gasteiger partial charge in [-0.05, 0) is 184 Å². The van der Waals surface area contributed by atoms with Crippen molar-refractivity contribution in [1.82, 2.24) is 19.6 Å². The molecule has 0 bridgehead atoms. The van der Waals surface area contributed by atoms with Gasteiger partial charge < -0.3 is 19.3 Å². The van der Waals surface area contributed by atoms with Crippen molar-refractivity contribution in [2.24, 2.45) is 0 Å². The summed E-state index contributed by atoms with van der Waals surface area (Å²) in [7, 11) is 1.53. The zero-order valence-electron chi connectivity index (χ0n) is 66.8. The van der Waals surface area contributed by atoms with Crippen LogP contribution < -0.4 is 9.47 Å². The minimum Gasteiger partial charge on any atom is -0.507 e. The van der Waals surface area contributed by atoms with E-state index in [1.165, 1.54) is 72.0 Å². The van der Waals surface area contributed by atoms with Gasteiger partial charge in [0.05, 0.1) is 18.1 Å². The number of phenols is 1. The number of imide groups is 4. The number of esters is 1. The molecule has 0 saturated heterocycles. The summed E-state index contributed by atoms with van der Waals surface area (Å²) in [4.78, 5) is 150. The lowest BCUT2D eigenvalue weighted by Crippen LogP contribution is -2.47. The molecule has 5 aliphatic carbocycles. The van der Waals surface area contributed by atoms with Gasteiger partial charge in [-0.2, -0.15) is 0 Å². The van der Waals surface area contributed by atoms with E-state index in [1.807, 2.05) is 42.5 Å². The lowest BCUT2D eigenvalue weighted by molar-refractivity contribution is -0.139. The van der Waals surface area contributed by atoms with Gasteiger partial charge in [-0.25, -0.2) is 4.79 Å². The summed E-state index contributed by atoms with van der Waals surface area (Å²) in [5.74, 6) is -1.23. The molecule has 0 unspecified atom stereocenters. The Bertz CT molecular complexity index is 5670. The van der Waals surface area contributed by atoms with E-state index in [0.717, 1.165) is 144 Å². The summed E-state index contributed by atoms with van der Waals surface area (Å²) < 4.78 is 16.5. The number of amides is 8. The summed E-state index contributed by atoms with van der Waals surface area (Å²) in [5, 5.41) is 15.6. The Hall–Kier alpha value is -12.3. The highest BCUT2D eigenvalue weighted by Gasteiger charge is 2.44. The number of ketones is 2. The first-order chi connectivity index (χ1) is 57.4. The molecule has 0 atom stereocenters. The molecular weight excluding hydrogens is 1490 g/mol. The molecule has 19 rings (SSSR count). The predicted octanol–water partition coefficient (Wildman–Crippen LogP) is 19.8. The van der Waals surface area contributed by atoms with Gasteiger partial charge in [-0.1, -0.05) is 188 Å². The molecule has 118 heavy (non-hydrogen) atoms. The van der Waals surface area contributed by atoms with Crippen LogP contribution in [0, 0.1) is 0 Å². The third kappa shape index (κ3) is 14.9. The summed E-state index contributed by atoms with van der Waals surface area (Å²) >= 11 is 0. The number of nitrogens with zero attached hydrogens (tertiary/aromatic N) is 4. The topological polar surface area (TPSA) is 249 Å². The van der Waals surface area contributed by atoms with E-state index in [0.29, 0.717) is 105 Å². The number of carbonyl (C=O) groups excluding carboxylic acids is 11. The Labute approximate surface area is 685 Å². The Morgan fingerprint density at radius 3 is 1.13 bits per heavy atom. The number of aromatic hydroxyl groups is 1. The number of carbonyl (C=O) groups is 11. The maximum absolute atomic E-state index is 13.4. The predicted molar refractivity (Wildman–Crippen MR) is 450 cm³/mol. The Kier molecular flexibility index (Phi) is 23.3. The number of phenolic OH excluding ortho intramolecular Hbond substituents is 1. The third-order valence-corrected chi connectivity index (χ3v) is 25.5. The summed E-state index contributed by atoms with van der Waals surface area (Å²) in [6.45, 7) is 5.27. The molecule has 8 amide bonds. The molecule has 4 aliphatic heterocycles. The van der Waals surface area contributed by atoms with E-state index < -0.39 is 5.97 Å². The van der Waals surface area contributed by atoms with Crippen LogP contribution in [-0.2, 0) is 9.53 Å². The van der Waals surface area contributed by atoms with Crippen molar-refractivity contribution in [1.29, 1.82) is 0 Å². The Morgan fingerprint density at radius 1 is 0.347 bits per heavy atom. The number of para-hydroxylation sites is 1. The van der Waals surface area contributed by atoms with E-state index in [4.69, 9.17) is 14.2 Å². The zero-order valence-corrected chi connectivity index (χ0v) is 66.8. The van der Waals surface area contributed by atoms with Crippen molar-refractivity contribution in [3.8, 4) is 17.2 Å². The molecule has 19 heteroatoms. The van der Waals surface area contributed by atoms with Gasteiger partial charge in [-0.15, -0.1) is 0 Å². The van der Waals surface area contributed by atoms with Crippen molar-refractivity contribution < 1.29 is 72.1 Å². The normalized spacial score (nSPS) is 17.9. The molecule has 0 spiro atoms. The fourth-order valence-electron chi connectivity index (χ4n) is 19.6. The lowest BCUT2D eigenvalue weighted by Gasteiger charge is -2.36. The van der Waals surface area contributed by atoms with E-state index >= 15 is 0 Å². The SMILES string of the molecule is C=C(C)C(=O)OCCOc1ccc2c3c(ccc(OC)c13)C(=O)N(C1CCCCC1)C2=O.O=C(c1ccccc1)c1ccc2c3c(cccc13)C(=O)N(C1CCCCC1)C2=O.O=C(c1ccccc1O)c1ccc2c3c(cccc13)C(=O)N(C1CCCCC1)C2=O.O=C1c2cccc3c(C4CCCCC4)ccc(c23)C(=O)N1C1CCCCC1. The van der Waals surface area contributed by atoms with Gasteiger partial charge in [-0.3, -0.25) is 67.5 Å². The van der Waals surface area contributed by atoms with Crippen LogP contribution in [0.1, 0.15) is 294 Å². The molecule has 602 valence electrons. The number of hydrogen-bond donors (Lipinski definition) is 1. The van der Waals surface area contributed by atoms with Crippen LogP contribution in [0.3, 0.4) is 0 Å². The van der Waals surface area contributed by atoms with Crippen molar-refractivity contribution in [3.05, 3.63) is 254 Å². The number of hydrogen-bond acceptors (Lipinski definition) is 15. The average Bonchev–Trinajstić information content (AvgIpc) is 0.745.